The fourth-order valence-corrected chi connectivity index (χ4v) is 6.85. The lowest BCUT2D eigenvalue weighted by molar-refractivity contribution is -0.139. The summed E-state index contributed by atoms with van der Waals surface area (Å²) in [4.78, 5) is 28.9. The average molecular weight is 617 g/mol. The summed E-state index contributed by atoms with van der Waals surface area (Å²) in [6.45, 7) is 3.05. The van der Waals surface area contributed by atoms with Gasteiger partial charge in [-0.1, -0.05) is 84.4 Å². The predicted octanol–water partition coefficient (Wildman–Crippen LogP) is 6.36. The van der Waals surface area contributed by atoms with E-state index >= 15 is 0 Å². The van der Waals surface area contributed by atoms with Gasteiger partial charge < -0.3 is 10.2 Å². The molecule has 10 heteroatoms. The van der Waals surface area contributed by atoms with Crippen LogP contribution < -0.4 is 9.62 Å². The number of hydrogen-bond acceptors (Lipinski definition) is 4. The third-order valence-electron chi connectivity index (χ3n) is 7.41. The van der Waals surface area contributed by atoms with Crippen LogP contribution in [0.2, 0.25) is 10.0 Å². The first-order chi connectivity index (χ1) is 19.6. The van der Waals surface area contributed by atoms with Crippen molar-refractivity contribution in [2.45, 2.75) is 69.5 Å². The molecule has 0 heterocycles. The summed E-state index contributed by atoms with van der Waals surface area (Å²) in [5.41, 5.74) is 1.88. The molecule has 0 radical (unpaired) electrons. The molecule has 0 unspecified atom stereocenters. The van der Waals surface area contributed by atoms with Crippen molar-refractivity contribution in [3.8, 4) is 0 Å². The Labute approximate surface area is 252 Å². The first-order valence-electron chi connectivity index (χ1n) is 13.7. The van der Waals surface area contributed by atoms with Gasteiger partial charge in [-0.2, -0.15) is 0 Å². The maximum atomic E-state index is 14.1. The largest absolute Gasteiger partial charge is 0.352 e. The van der Waals surface area contributed by atoms with Gasteiger partial charge in [0.25, 0.3) is 10.0 Å². The van der Waals surface area contributed by atoms with E-state index in [0.29, 0.717) is 21.3 Å². The number of anilines is 1. The summed E-state index contributed by atoms with van der Waals surface area (Å²) in [7, 11) is -4.11. The maximum absolute atomic E-state index is 14.1. The third kappa shape index (κ3) is 7.82. The minimum absolute atomic E-state index is 0.00120. The van der Waals surface area contributed by atoms with Crippen LogP contribution in [0, 0.1) is 6.92 Å². The molecule has 1 N–H and O–H groups in total. The molecule has 0 saturated heterocycles. The number of carbonyl (C=O) groups is 2. The predicted molar refractivity (Wildman–Crippen MR) is 164 cm³/mol. The smallest absolute Gasteiger partial charge is 0.264 e. The molecule has 0 aromatic heterocycles. The number of nitrogens with one attached hydrogen (secondary N) is 1. The minimum Gasteiger partial charge on any atom is -0.352 e. The van der Waals surface area contributed by atoms with E-state index in [0.717, 1.165) is 42.0 Å². The summed E-state index contributed by atoms with van der Waals surface area (Å²) < 4.78 is 28.8. The van der Waals surface area contributed by atoms with Crippen molar-refractivity contribution in [2.24, 2.45) is 0 Å². The Balaban J connectivity index is 1.68. The van der Waals surface area contributed by atoms with Crippen LogP contribution in [0.5, 0.6) is 0 Å². The lowest BCUT2D eigenvalue weighted by Gasteiger charge is -2.33. The minimum atomic E-state index is -4.11. The van der Waals surface area contributed by atoms with E-state index in [4.69, 9.17) is 23.2 Å². The number of hydrogen-bond donors (Lipinski definition) is 1. The molecule has 1 aliphatic rings. The van der Waals surface area contributed by atoms with Gasteiger partial charge in [-0.15, -0.1) is 0 Å². The molecule has 1 saturated carbocycles. The number of rotatable bonds is 10. The highest BCUT2D eigenvalue weighted by Crippen LogP contribution is 2.27. The summed E-state index contributed by atoms with van der Waals surface area (Å²) in [6.07, 6.45) is 5.03. The molecule has 7 nitrogen and oxygen atoms in total. The Bertz CT molecular complexity index is 1460. The van der Waals surface area contributed by atoms with Gasteiger partial charge in [0.05, 0.1) is 10.6 Å². The Morgan fingerprint density at radius 1 is 0.951 bits per heavy atom. The highest BCUT2D eigenvalue weighted by Gasteiger charge is 2.33. The van der Waals surface area contributed by atoms with Crippen LogP contribution in [0.25, 0.3) is 0 Å². The number of sulfonamides is 1. The zero-order valence-corrected chi connectivity index (χ0v) is 25.6. The zero-order chi connectivity index (χ0) is 29.6. The molecule has 41 heavy (non-hydrogen) atoms. The van der Waals surface area contributed by atoms with Crippen molar-refractivity contribution < 1.29 is 18.0 Å². The second kappa shape index (κ2) is 13.7. The summed E-state index contributed by atoms with van der Waals surface area (Å²) in [5.74, 6) is -0.828. The van der Waals surface area contributed by atoms with Gasteiger partial charge in [0, 0.05) is 22.6 Å². The molecule has 1 fully saturated rings. The van der Waals surface area contributed by atoms with Crippen LogP contribution in [0.4, 0.5) is 5.69 Å². The summed E-state index contributed by atoms with van der Waals surface area (Å²) in [6, 6.07) is 19.0. The van der Waals surface area contributed by atoms with E-state index in [1.165, 1.54) is 17.0 Å². The molecule has 4 rings (SSSR count). The fraction of sp³-hybridized carbons (Fsp3) is 0.355. The van der Waals surface area contributed by atoms with E-state index < -0.39 is 28.5 Å². The monoisotopic (exact) mass is 615 g/mol. The molecule has 0 aliphatic heterocycles. The lowest BCUT2D eigenvalue weighted by atomic mass is 9.95. The van der Waals surface area contributed by atoms with Crippen LogP contribution in [0.3, 0.4) is 0 Å². The summed E-state index contributed by atoms with van der Waals surface area (Å²) in [5, 5.41) is 3.89. The van der Waals surface area contributed by atoms with E-state index in [1.807, 2.05) is 6.92 Å². The summed E-state index contributed by atoms with van der Waals surface area (Å²) >= 11 is 12.5. The van der Waals surface area contributed by atoms with E-state index in [9.17, 15) is 18.0 Å². The van der Waals surface area contributed by atoms with Crippen LogP contribution >= 0.6 is 23.2 Å². The topological polar surface area (TPSA) is 86.8 Å². The van der Waals surface area contributed by atoms with Crippen molar-refractivity contribution in [2.75, 3.05) is 10.8 Å². The van der Waals surface area contributed by atoms with Gasteiger partial charge in [-0.05, 0) is 68.7 Å². The number of halogens is 2. The van der Waals surface area contributed by atoms with Crippen molar-refractivity contribution in [3.05, 3.63) is 94.0 Å². The second-order valence-electron chi connectivity index (χ2n) is 10.4. The molecule has 1 aliphatic carbocycles. The molecule has 1 atom stereocenters. The zero-order valence-electron chi connectivity index (χ0n) is 23.2. The number of carbonyl (C=O) groups excluding carboxylic acids is 2. The molecule has 3 aromatic carbocycles. The van der Waals surface area contributed by atoms with Gasteiger partial charge in [-0.3, -0.25) is 13.9 Å². The van der Waals surface area contributed by atoms with Crippen molar-refractivity contribution in [3.63, 3.8) is 0 Å². The van der Waals surface area contributed by atoms with Crippen molar-refractivity contribution in [1.29, 1.82) is 0 Å². The normalized spacial score (nSPS) is 14.7. The van der Waals surface area contributed by atoms with Gasteiger partial charge in [0.15, 0.2) is 0 Å². The quantitative estimate of drug-likeness (QED) is 0.287. The third-order valence-corrected chi connectivity index (χ3v) is 9.78. The Morgan fingerprint density at radius 2 is 1.61 bits per heavy atom. The first-order valence-corrected chi connectivity index (χ1v) is 15.9. The van der Waals surface area contributed by atoms with E-state index in [2.05, 4.69) is 5.32 Å². The lowest BCUT2D eigenvalue weighted by Crippen LogP contribution is -2.53. The number of benzene rings is 3. The Hall–Kier alpha value is -3.07. The Morgan fingerprint density at radius 3 is 2.24 bits per heavy atom. The van der Waals surface area contributed by atoms with Gasteiger partial charge >= 0.3 is 0 Å². The molecule has 0 bridgehead atoms. The van der Waals surface area contributed by atoms with Crippen LogP contribution in [-0.2, 0) is 26.2 Å². The molecular formula is C31H35Cl2N3O4S. The first kappa shape index (κ1) is 30.9. The number of aryl methyl sites for hydroxylation is 1. The average Bonchev–Trinajstić information content (AvgIpc) is 2.96. The molecular weight excluding hydrogens is 581 g/mol. The highest BCUT2D eigenvalue weighted by molar-refractivity contribution is 7.92. The van der Waals surface area contributed by atoms with Crippen molar-refractivity contribution >= 4 is 50.7 Å². The fourth-order valence-electron chi connectivity index (χ4n) is 4.94. The number of amides is 2. The molecule has 3 aromatic rings. The van der Waals surface area contributed by atoms with Crippen LogP contribution in [0.15, 0.2) is 77.7 Å². The second-order valence-corrected chi connectivity index (χ2v) is 13.1. The maximum Gasteiger partial charge on any atom is 0.264 e. The van der Waals surface area contributed by atoms with Crippen molar-refractivity contribution in [1.82, 2.24) is 10.2 Å². The SMILES string of the molecule is Cc1ccc(N(CC(=O)N(Cc2ccc(Cl)cc2Cl)[C@H](C)C(=O)NC2CCCCC2)S(=O)(=O)c2ccccc2)cc1. The Kier molecular flexibility index (Phi) is 10.3. The van der Waals surface area contributed by atoms with Gasteiger partial charge in [0.1, 0.15) is 12.6 Å². The number of nitrogens with zero attached hydrogens (tertiary/aromatic N) is 2. The van der Waals surface area contributed by atoms with E-state index in [1.54, 1.807) is 67.6 Å². The molecule has 0 spiro atoms. The highest BCUT2D eigenvalue weighted by atomic mass is 35.5. The van der Waals surface area contributed by atoms with Crippen LogP contribution in [0.1, 0.15) is 50.2 Å². The molecule has 218 valence electrons. The van der Waals surface area contributed by atoms with Gasteiger partial charge in [-0.25, -0.2) is 8.42 Å². The van der Waals surface area contributed by atoms with Gasteiger partial charge in [0.2, 0.25) is 11.8 Å². The standard InChI is InChI=1S/C31H35Cl2N3O4S/c1-22-13-17-27(18-14-22)36(41(39,40)28-11-7-4-8-12-28)21-30(37)35(20-24-15-16-25(32)19-29(24)33)23(2)31(38)34-26-9-5-3-6-10-26/h4,7-8,11-19,23,26H,3,5-6,9-10,20-21H2,1-2H3,(H,34,38)/t23-/m1/s1. The molecule has 2 amide bonds. The van der Waals surface area contributed by atoms with Crippen LogP contribution in [-0.4, -0.2) is 43.8 Å². The van der Waals surface area contributed by atoms with E-state index in [-0.39, 0.29) is 23.4 Å².